The zero-order valence-electron chi connectivity index (χ0n) is 13.7. The minimum atomic E-state index is -0.375. The van der Waals surface area contributed by atoms with Gasteiger partial charge in [-0.05, 0) is 49.6 Å². The van der Waals surface area contributed by atoms with E-state index >= 15 is 0 Å². The first-order valence-electron chi connectivity index (χ1n) is 8.32. The fourth-order valence-electron chi connectivity index (χ4n) is 3.23. The van der Waals surface area contributed by atoms with Crippen molar-refractivity contribution in [3.63, 3.8) is 0 Å². The average molecular weight is 411 g/mol. The van der Waals surface area contributed by atoms with E-state index < -0.39 is 0 Å². The van der Waals surface area contributed by atoms with Gasteiger partial charge in [-0.3, -0.25) is 0 Å². The highest BCUT2D eigenvalue weighted by molar-refractivity contribution is 6.43. The Hall–Kier alpha value is -1.75. The van der Waals surface area contributed by atoms with Crippen molar-refractivity contribution in [3.05, 3.63) is 62.8 Å². The largest absolute Gasteiger partial charge is 0.370 e. The third-order valence-electron chi connectivity index (χ3n) is 4.48. The SMILES string of the molecule is Fc1ccc(-c2nn(-c3cccc(Cl)c3Cl)c3c2CCCCN3)c(Cl)c1. The van der Waals surface area contributed by atoms with Crippen LogP contribution in [0.15, 0.2) is 36.4 Å². The molecule has 0 aliphatic carbocycles. The number of hydrogen-bond acceptors (Lipinski definition) is 2. The van der Waals surface area contributed by atoms with Crippen molar-refractivity contribution in [1.29, 1.82) is 0 Å². The molecule has 0 fully saturated rings. The summed E-state index contributed by atoms with van der Waals surface area (Å²) in [7, 11) is 0. The lowest BCUT2D eigenvalue weighted by molar-refractivity contribution is 0.628. The maximum atomic E-state index is 13.5. The molecule has 2 heterocycles. The number of aromatic nitrogens is 2. The second-order valence-electron chi connectivity index (χ2n) is 6.17. The van der Waals surface area contributed by atoms with Crippen LogP contribution in [0.1, 0.15) is 18.4 Å². The summed E-state index contributed by atoms with van der Waals surface area (Å²) in [6.45, 7) is 0.841. The molecule has 134 valence electrons. The summed E-state index contributed by atoms with van der Waals surface area (Å²) in [5, 5.41) is 9.44. The minimum Gasteiger partial charge on any atom is -0.370 e. The van der Waals surface area contributed by atoms with Crippen LogP contribution in [0.2, 0.25) is 15.1 Å². The lowest BCUT2D eigenvalue weighted by atomic mass is 10.0. The summed E-state index contributed by atoms with van der Waals surface area (Å²) in [5.41, 5.74) is 3.17. The first-order chi connectivity index (χ1) is 12.6. The number of nitrogens with zero attached hydrogens (tertiary/aromatic N) is 2. The number of rotatable bonds is 2. The molecule has 0 bridgehead atoms. The standard InChI is InChI=1S/C19H15Cl3FN3/c20-14-5-3-6-16(17(14)22)26-19-13(4-1-2-9-24-19)18(25-26)12-8-7-11(23)10-15(12)21/h3,5-8,10,24H,1-2,4,9H2. The third-order valence-corrected chi connectivity index (χ3v) is 5.60. The molecule has 0 amide bonds. The third kappa shape index (κ3) is 3.07. The molecular weight excluding hydrogens is 396 g/mol. The van der Waals surface area contributed by atoms with Crippen molar-refractivity contribution >= 4 is 40.6 Å². The summed E-state index contributed by atoms with van der Waals surface area (Å²) in [5.74, 6) is 0.502. The monoisotopic (exact) mass is 409 g/mol. The predicted molar refractivity (Wildman–Crippen MR) is 105 cm³/mol. The van der Waals surface area contributed by atoms with E-state index in [1.54, 1.807) is 16.8 Å². The number of hydrogen-bond donors (Lipinski definition) is 1. The van der Waals surface area contributed by atoms with Crippen LogP contribution in [0.3, 0.4) is 0 Å². The van der Waals surface area contributed by atoms with Gasteiger partial charge < -0.3 is 5.32 Å². The van der Waals surface area contributed by atoms with Crippen molar-refractivity contribution in [2.75, 3.05) is 11.9 Å². The Bertz CT molecular complexity index is 984. The molecule has 0 saturated heterocycles. The normalized spacial score (nSPS) is 13.8. The van der Waals surface area contributed by atoms with Gasteiger partial charge in [0.15, 0.2) is 0 Å². The number of halogens is 4. The smallest absolute Gasteiger partial charge is 0.133 e. The summed E-state index contributed by atoms with van der Waals surface area (Å²) < 4.78 is 15.2. The quantitative estimate of drug-likeness (QED) is 0.530. The van der Waals surface area contributed by atoms with Gasteiger partial charge in [-0.1, -0.05) is 40.9 Å². The van der Waals surface area contributed by atoms with Gasteiger partial charge in [0.25, 0.3) is 0 Å². The molecule has 7 heteroatoms. The highest BCUT2D eigenvalue weighted by atomic mass is 35.5. The highest BCUT2D eigenvalue weighted by Gasteiger charge is 2.24. The summed E-state index contributed by atoms with van der Waals surface area (Å²) in [6, 6.07) is 9.79. The van der Waals surface area contributed by atoms with E-state index in [0.29, 0.717) is 26.3 Å². The molecule has 0 radical (unpaired) electrons. The first-order valence-corrected chi connectivity index (χ1v) is 9.45. The summed E-state index contributed by atoms with van der Waals surface area (Å²) in [6.07, 6.45) is 2.93. The second-order valence-corrected chi connectivity index (χ2v) is 7.36. The molecule has 1 aliphatic rings. The van der Waals surface area contributed by atoms with Crippen LogP contribution in [0, 0.1) is 5.82 Å². The van der Waals surface area contributed by atoms with Gasteiger partial charge >= 0.3 is 0 Å². The van der Waals surface area contributed by atoms with E-state index in [9.17, 15) is 4.39 Å². The Morgan fingerprint density at radius 3 is 2.69 bits per heavy atom. The van der Waals surface area contributed by atoms with Crippen LogP contribution in [-0.4, -0.2) is 16.3 Å². The molecule has 4 rings (SSSR count). The van der Waals surface area contributed by atoms with Crippen molar-refractivity contribution < 1.29 is 4.39 Å². The molecule has 1 N–H and O–H groups in total. The average Bonchev–Trinajstić information content (AvgIpc) is 2.79. The molecular formula is C19H15Cl3FN3. The van der Waals surface area contributed by atoms with E-state index in [4.69, 9.17) is 39.9 Å². The Balaban J connectivity index is 1.96. The van der Waals surface area contributed by atoms with E-state index in [-0.39, 0.29) is 5.82 Å². The Labute approximate surface area is 165 Å². The zero-order chi connectivity index (χ0) is 18.3. The van der Waals surface area contributed by atoms with Gasteiger partial charge in [0.1, 0.15) is 11.6 Å². The molecule has 0 unspecified atom stereocenters. The molecule has 0 spiro atoms. The van der Waals surface area contributed by atoms with Crippen LogP contribution >= 0.6 is 34.8 Å². The molecule has 3 aromatic rings. The number of anilines is 1. The maximum Gasteiger partial charge on any atom is 0.133 e. The van der Waals surface area contributed by atoms with Crippen LogP contribution in [-0.2, 0) is 6.42 Å². The van der Waals surface area contributed by atoms with Gasteiger partial charge in [0.05, 0.1) is 26.4 Å². The molecule has 0 saturated carbocycles. The van der Waals surface area contributed by atoms with Crippen molar-refractivity contribution in [2.45, 2.75) is 19.3 Å². The second kappa shape index (κ2) is 7.10. The van der Waals surface area contributed by atoms with Crippen LogP contribution in [0.25, 0.3) is 16.9 Å². The van der Waals surface area contributed by atoms with Crippen molar-refractivity contribution in [3.8, 4) is 16.9 Å². The lowest BCUT2D eigenvalue weighted by Crippen LogP contribution is -2.07. The van der Waals surface area contributed by atoms with E-state index in [1.807, 2.05) is 12.1 Å². The summed E-state index contributed by atoms with van der Waals surface area (Å²) >= 11 is 18.9. The summed E-state index contributed by atoms with van der Waals surface area (Å²) in [4.78, 5) is 0. The van der Waals surface area contributed by atoms with Gasteiger partial charge in [-0.2, -0.15) is 5.10 Å². The maximum absolute atomic E-state index is 13.5. The van der Waals surface area contributed by atoms with Gasteiger partial charge in [0.2, 0.25) is 0 Å². The Morgan fingerprint density at radius 2 is 1.88 bits per heavy atom. The molecule has 3 nitrogen and oxygen atoms in total. The molecule has 1 aromatic heterocycles. The molecule has 26 heavy (non-hydrogen) atoms. The highest BCUT2D eigenvalue weighted by Crippen LogP contribution is 2.39. The lowest BCUT2D eigenvalue weighted by Gasteiger charge is -2.11. The van der Waals surface area contributed by atoms with Gasteiger partial charge in [0, 0.05) is 17.7 Å². The van der Waals surface area contributed by atoms with Crippen molar-refractivity contribution in [1.82, 2.24) is 9.78 Å². The van der Waals surface area contributed by atoms with Crippen LogP contribution in [0.4, 0.5) is 10.2 Å². The molecule has 2 aromatic carbocycles. The minimum absolute atomic E-state index is 0.332. The first kappa shape index (κ1) is 17.7. The van der Waals surface area contributed by atoms with Crippen molar-refractivity contribution in [2.24, 2.45) is 0 Å². The van der Waals surface area contributed by atoms with E-state index in [0.717, 1.165) is 42.9 Å². The van der Waals surface area contributed by atoms with Crippen LogP contribution < -0.4 is 5.32 Å². The van der Waals surface area contributed by atoms with Crippen LogP contribution in [0.5, 0.6) is 0 Å². The zero-order valence-corrected chi connectivity index (χ0v) is 16.0. The fourth-order valence-corrected chi connectivity index (χ4v) is 3.86. The topological polar surface area (TPSA) is 29.9 Å². The van der Waals surface area contributed by atoms with E-state index in [2.05, 4.69) is 5.32 Å². The molecule has 1 aliphatic heterocycles. The Morgan fingerprint density at radius 1 is 1.04 bits per heavy atom. The predicted octanol–water partition coefficient (Wildman–Crippen LogP) is 6.39. The van der Waals surface area contributed by atoms with E-state index in [1.165, 1.54) is 12.1 Å². The van der Waals surface area contributed by atoms with Gasteiger partial charge in [-0.25, -0.2) is 9.07 Å². The fraction of sp³-hybridized carbons (Fsp3) is 0.211. The Kier molecular flexibility index (Phi) is 4.82. The van der Waals surface area contributed by atoms with Gasteiger partial charge in [-0.15, -0.1) is 0 Å². The number of nitrogens with one attached hydrogen (secondary N) is 1. The number of fused-ring (bicyclic) bond motifs is 1. The molecule has 0 atom stereocenters. The number of benzene rings is 2.